The van der Waals surface area contributed by atoms with Crippen LogP contribution in [0.5, 0.6) is 0 Å². The van der Waals surface area contributed by atoms with Crippen molar-refractivity contribution in [1.29, 1.82) is 5.26 Å². The first-order valence-electron chi connectivity index (χ1n) is 7.55. The van der Waals surface area contributed by atoms with Crippen molar-refractivity contribution in [2.75, 3.05) is 24.7 Å². The number of hydrogen-bond acceptors (Lipinski definition) is 5. The van der Waals surface area contributed by atoms with E-state index in [2.05, 4.69) is 16.0 Å². The Balaban J connectivity index is 1.83. The molecule has 1 N–H and O–H groups in total. The van der Waals surface area contributed by atoms with Crippen LogP contribution in [-0.4, -0.2) is 41.5 Å². The second-order valence-corrected chi connectivity index (χ2v) is 6.21. The maximum absolute atomic E-state index is 10.7. The Kier molecular flexibility index (Phi) is 3.83. The molecular formula is C16H21N3O2. The molecule has 1 aromatic rings. The third-order valence-electron chi connectivity index (χ3n) is 4.78. The first-order chi connectivity index (χ1) is 10.1. The van der Waals surface area contributed by atoms with E-state index in [-0.39, 0.29) is 12.0 Å². The van der Waals surface area contributed by atoms with E-state index in [0.29, 0.717) is 25.2 Å². The van der Waals surface area contributed by atoms with Crippen molar-refractivity contribution in [2.45, 2.75) is 37.8 Å². The van der Waals surface area contributed by atoms with Gasteiger partial charge in [-0.05, 0) is 38.3 Å². The average molecular weight is 287 g/mol. The van der Waals surface area contributed by atoms with E-state index in [1.54, 1.807) is 12.3 Å². The molecule has 2 aliphatic heterocycles. The fourth-order valence-corrected chi connectivity index (χ4v) is 3.50. The van der Waals surface area contributed by atoms with Crippen LogP contribution in [0.3, 0.4) is 0 Å². The monoisotopic (exact) mass is 287 g/mol. The molecule has 3 heterocycles. The molecule has 0 spiro atoms. The zero-order valence-corrected chi connectivity index (χ0v) is 12.3. The largest absolute Gasteiger partial charge is 0.390 e. The number of rotatable bonds is 2. The minimum absolute atomic E-state index is 0.103. The van der Waals surface area contributed by atoms with Gasteiger partial charge in [-0.25, -0.2) is 4.98 Å². The molecule has 112 valence electrons. The highest BCUT2D eigenvalue weighted by molar-refractivity contribution is 5.44. The molecule has 0 unspecified atom stereocenters. The van der Waals surface area contributed by atoms with Gasteiger partial charge in [-0.3, -0.25) is 0 Å². The highest BCUT2D eigenvalue weighted by atomic mass is 16.5. The Hall–Kier alpha value is -1.64. The molecule has 3 rings (SSSR count). The summed E-state index contributed by atoms with van der Waals surface area (Å²) in [6, 6.07) is 6.04. The van der Waals surface area contributed by atoms with Gasteiger partial charge in [0.25, 0.3) is 0 Å². The van der Waals surface area contributed by atoms with E-state index in [1.165, 1.54) is 0 Å². The lowest BCUT2D eigenvalue weighted by molar-refractivity contribution is -0.108. The van der Waals surface area contributed by atoms with Gasteiger partial charge in [-0.15, -0.1) is 0 Å². The summed E-state index contributed by atoms with van der Waals surface area (Å²) < 4.78 is 5.60. The van der Waals surface area contributed by atoms with Crippen LogP contribution >= 0.6 is 0 Å². The lowest BCUT2D eigenvalue weighted by atomic mass is 9.79. The van der Waals surface area contributed by atoms with Gasteiger partial charge in [0.2, 0.25) is 0 Å². The molecule has 5 heteroatoms. The summed E-state index contributed by atoms with van der Waals surface area (Å²) in [6.07, 6.45) is 4.44. The summed E-state index contributed by atoms with van der Waals surface area (Å²) in [6.45, 7) is 4.09. The van der Waals surface area contributed by atoms with Gasteiger partial charge in [0.05, 0.1) is 17.8 Å². The number of aromatic nitrogens is 1. The molecule has 0 aliphatic carbocycles. The summed E-state index contributed by atoms with van der Waals surface area (Å²) in [4.78, 5) is 6.66. The molecule has 5 nitrogen and oxygen atoms in total. The van der Waals surface area contributed by atoms with Crippen LogP contribution in [0.25, 0.3) is 0 Å². The number of anilines is 1. The minimum atomic E-state index is -0.682. The Morgan fingerprint density at radius 3 is 3.05 bits per heavy atom. The standard InChI is InChI=1S/C16H21N3O2/c1-16(20)6-8-21-11-13(16)14-3-2-7-19(14)15-5-4-12(9-17)10-18-15/h4-5,10,13-14,20H,2-3,6-8,11H2,1H3/t13-,14+,16-/m0/s1. The van der Waals surface area contributed by atoms with Crippen molar-refractivity contribution in [3.05, 3.63) is 23.9 Å². The number of hydrogen-bond donors (Lipinski definition) is 1. The summed E-state index contributed by atoms with van der Waals surface area (Å²) in [5.74, 6) is 0.990. The van der Waals surface area contributed by atoms with Gasteiger partial charge in [0, 0.05) is 31.3 Å². The van der Waals surface area contributed by atoms with Gasteiger partial charge >= 0.3 is 0 Å². The first-order valence-corrected chi connectivity index (χ1v) is 7.55. The van der Waals surface area contributed by atoms with E-state index >= 15 is 0 Å². The van der Waals surface area contributed by atoms with Crippen molar-refractivity contribution < 1.29 is 9.84 Å². The van der Waals surface area contributed by atoms with Gasteiger partial charge < -0.3 is 14.7 Å². The van der Waals surface area contributed by atoms with Crippen LogP contribution in [0.15, 0.2) is 18.3 Å². The van der Waals surface area contributed by atoms with E-state index in [4.69, 9.17) is 10.00 Å². The van der Waals surface area contributed by atoms with Crippen molar-refractivity contribution in [2.24, 2.45) is 5.92 Å². The van der Waals surface area contributed by atoms with Crippen LogP contribution in [-0.2, 0) is 4.74 Å². The SMILES string of the molecule is C[C@]1(O)CCOC[C@H]1[C@H]1CCCN1c1ccc(C#N)cn1. The van der Waals surface area contributed by atoms with E-state index in [0.717, 1.165) is 25.2 Å². The summed E-state index contributed by atoms with van der Waals surface area (Å²) in [5, 5.41) is 19.5. The molecule has 3 atom stereocenters. The number of aliphatic hydroxyl groups is 1. The van der Waals surface area contributed by atoms with Gasteiger partial charge in [-0.1, -0.05) is 0 Å². The van der Waals surface area contributed by atoms with E-state index < -0.39 is 5.60 Å². The molecule has 2 aliphatic rings. The molecular weight excluding hydrogens is 266 g/mol. The molecule has 21 heavy (non-hydrogen) atoms. The summed E-state index contributed by atoms with van der Waals surface area (Å²) in [7, 11) is 0. The van der Waals surface area contributed by atoms with Crippen LogP contribution in [0, 0.1) is 17.2 Å². The van der Waals surface area contributed by atoms with Crippen molar-refractivity contribution >= 4 is 5.82 Å². The third kappa shape index (κ3) is 2.74. The highest BCUT2D eigenvalue weighted by Crippen LogP contribution is 2.37. The second kappa shape index (κ2) is 5.63. The lowest BCUT2D eigenvalue weighted by Gasteiger charge is -2.43. The third-order valence-corrected chi connectivity index (χ3v) is 4.78. The maximum Gasteiger partial charge on any atom is 0.128 e. The summed E-state index contributed by atoms with van der Waals surface area (Å²) in [5.41, 5.74) is -0.111. The van der Waals surface area contributed by atoms with Crippen LogP contribution < -0.4 is 4.90 Å². The molecule has 0 aromatic carbocycles. The first kappa shape index (κ1) is 14.3. The number of nitrogens with zero attached hydrogens (tertiary/aromatic N) is 3. The van der Waals surface area contributed by atoms with Crippen molar-refractivity contribution in [3.63, 3.8) is 0 Å². The van der Waals surface area contributed by atoms with Crippen LogP contribution in [0.2, 0.25) is 0 Å². The molecule has 0 saturated carbocycles. The quantitative estimate of drug-likeness (QED) is 0.896. The predicted octanol–water partition coefficient (Wildman–Crippen LogP) is 1.71. The molecule has 2 fully saturated rings. The summed E-state index contributed by atoms with van der Waals surface area (Å²) >= 11 is 0. The van der Waals surface area contributed by atoms with Gasteiger partial charge in [0.1, 0.15) is 11.9 Å². The fourth-order valence-electron chi connectivity index (χ4n) is 3.50. The van der Waals surface area contributed by atoms with Crippen molar-refractivity contribution in [3.8, 4) is 6.07 Å². The van der Waals surface area contributed by atoms with Crippen LogP contribution in [0.1, 0.15) is 31.7 Å². The minimum Gasteiger partial charge on any atom is -0.390 e. The Labute approximate surface area is 125 Å². The number of ether oxygens (including phenoxy) is 1. The second-order valence-electron chi connectivity index (χ2n) is 6.21. The molecule has 0 radical (unpaired) electrons. The molecule has 0 bridgehead atoms. The van der Waals surface area contributed by atoms with E-state index in [1.807, 2.05) is 13.0 Å². The predicted molar refractivity (Wildman–Crippen MR) is 78.9 cm³/mol. The average Bonchev–Trinajstić information content (AvgIpc) is 2.96. The Morgan fingerprint density at radius 2 is 2.38 bits per heavy atom. The van der Waals surface area contributed by atoms with Gasteiger partial charge in [-0.2, -0.15) is 5.26 Å². The highest BCUT2D eigenvalue weighted by Gasteiger charge is 2.44. The maximum atomic E-state index is 10.7. The topological polar surface area (TPSA) is 69.4 Å². The fraction of sp³-hybridized carbons (Fsp3) is 0.625. The van der Waals surface area contributed by atoms with Crippen LogP contribution in [0.4, 0.5) is 5.82 Å². The molecule has 2 saturated heterocycles. The zero-order valence-electron chi connectivity index (χ0n) is 12.3. The number of pyridine rings is 1. The molecule has 1 aromatic heterocycles. The smallest absolute Gasteiger partial charge is 0.128 e. The lowest BCUT2D eigenvalue weighted by Crippen LogP contribution is -2.52. The van der Waals surface area contributed by atoms with Gasteiger partial charge in [0.15, 0.2) is 0 Å². The Morgan fingerprint density at radius 1 is 1.52 bits per heavy atom. The Bertz CT molecular complexity index is 535. The zero-order chi connectivity index (χ0) is 14.9. The van der Waals surface area contributed by atoms with E-state index in [9.17, 15) is 5.11 Å². The van der Waals surface area contributed by atoms with Crippen molar-refractivity contribution in [1.82, 2.24) is 4.98 Å². The normalized spacial score (nSPS) is 32.9. The number of nitriles is 1. The molecule has 0 amide bonds.